The average Bonchev–Trinajstić information content (AvgIpc) is 2.66. The van der Waals surface area contributed by atoms with Crippen LogP contribution in [0.25, 0.3) is 0 Å². The lowest BCUT2D eigenvalue weighted by molar-refractivity contribution is 0.0693. The van der Waals surface area contributed by atoms with Crippen LogP contribution in [-0.4, -0.2) is 16.2 Å². The van der Waals surface area contributed by atoms with Crippen LogP contribution in [0.5, 0.6) is 5.75 Å². The van der Waals surface area contributed by atoms with Gasteiger partial charge in [0, 0.05) is 5.92 Å². The van der Waals surface area contributed by atoms with E-state index < -0.39 is 11.7 Å². The summed E-state index contributed by atoms with van der Waals surface area (Å²) < 4.78 is 0. The molecule has 0 aromatic heterocycles. The maximum absolute atomic E-state index is 11.5. The zero-order valence-electron chi connectivity index (χ0n) is 14.3. The average molecular weight is 367 g/mol. The molecule has 4 heteroatoms. The minimum atomic E-state index is -1.20. The highest BCUT2D eigenvalue weighted by molar-refractivity contribution is 6.32. The number of phenols is 1. The van der Waals surface area contributed by atoms with Crippen molar-refractivity contribution in [2.24, 2.45) is 0 Å². The van der Waals surface area contributed by atoms with Crippen LogP contribution in [0.2, 0.25) is 5.02 Å². The SMILES string of the molecule is CC(c1ccccc1)C(c1ccccc1)c1cc(Cl)c(O)c(C(=O)O)c1. The molecule has 0 aliphatic heterocycles. The zero-order chi connectivity index (χ0) is 18.7. The number of carbonyl (C=O) groups is 1. The molecule has 2 N–H and O–H groups in total. The molecule has 26 heavy (non-hydrogen) atoms. The van der Waals surface area contributed by atoms with Gasteiger partial charge < -0.3 is 10.2 Å². The standard InChI is InChI=1S/C22H19ClO3/c1-14(15-8-4-2-5-9-15)20(16-10-6-3-7-11-16)17-12-18(22(25)26)21(24)19(23)13-17/h2-14,20,24H,1H3,(H,25,26). The summed E-state index contributed by atoms with van der Waals surface area (Å²) in [5, 5.41) is 19.4. The summed E-state index contributed by atoms with van der Waals surface area (Å²) in [6.07, 6.45) is 0. The number of hydrogen-bond donors (Lipinski definition) is 2. The van der Waals surface area contributed by atoms with Crippen molar-refractivity contribution < 1.29 is 15.0 Å². The fourth-order valence-electron chi connectivity index (χ4n) is 3.34. The summed E-state index contributed by atoms with van der Waals surface area (Å²) in [4.78, 5) is 11.5. The van der Waals surface area contributed by atoms with Gasteiger partial charge in [0.1, 0.15) is 11.3 Å². The molecule has 0 spiro atoms. The molecular weight excluding hydrogens is 348 g/mol. The third kappa shape index (κ3) is 3.58. The van der Waals surface area contributed by atoms with Gasteiger partial charge in [0.2, 0.25) is 0 Å². The van der Waals surface area contributed by atoms with Gasteiger partial charge in [-0.15, -0.1) is 0 Å². The topological polar surface area (TPSA) is 57.5 Å². The molecule has 2 unspecified atom stereocenters. The van der Waals surface area contributed by atoms with Gasteiger partial charge in [-0.2, -0.15) is 0 Å². The van der Waals surface area contributed by atoms with Gasteiger partial charge in [0.15, 0.2) is 0 Å². The van der Waals surface area contributed by atoms with Crippen LogP contribution in [-0.2, 0) is 0 Å². The monoisotopic (exact) mass is 366 g/mol. The third-order valence-corrected chi connectivity index (χ3v) is 4.95. The number of aromatic carboxylic acids is 1. The first-order valence-corrected chi connectivity index (χ1v) is 8.72. The van der Waals surface area contributed by atoms with E-state index in [2.05, 4.69) is 19.1 Å². The number of halogens is 1. The summed E-state index contributed by atoms with van der Waals surface area (Å²) >= 11 is 6.13. The van der Waals surface area contributed by atoms with Gasteiger partial charge in [-0.05, 0) is 34.7 Å². The van der Waals surface area contributed by atoms with Crippen molar-refractivity contribution in [3.05, 3.63) is 100 Å². The number of carboxylic acid groups (broad SMARTS) is 1. The van der Waals surface area contributed by atoms with Crippen LogP contribution in [0.15, 0.2) is 72.8 Å². The Balaban J connectivity index is 2.17. The van der Waals surface area contributed by atoms with Gasteiger partial charge in [-0.25, -0.2) is 4.79 Å². The van der Waals surface area contributed by atoms with E-state index in [9.17, 15) is 15.0 Å². The first-order valence-electron chi connectivity index (χ1n) is 8.34. The second-order valence-corrected chi connectivity index (χ2v) is 6.70. The van der Waals surface area contributed by atoms with Crippen molar-refractivity contribution in [2.45, 2.75) is 18.8 Å². The number of hydrogen-bond acceptors (Lipinski definition) is 2. The Kier molecular flexibility index (Phi) is 5.29. The molecule has 0 heterocycles. The Labute approximate surface area is 157 Å². The minimum absolute atomic E-state index is 0.0427. The first kappa shape index (κ1) is 18.0. The molecule has 0 amide bonds. The predicted molar refractivity (Wildman–Crippen MR) is 103 cm³/mol. The molecule has 3 rings (SSSR count). The Morgan fingerprint density at radius 2 is 1.42 bits per heavy atom. The molecule has 132 valence electrons. The van der Waals surface area contributed by atoms with E-state index in [0.717, 1.165) is 16.7 Å². The third-order valence-electron chi connectivity index (χ3n) is 4.66. The van der Waals surface area contributed by atoms with Crippen LogP contribution < -0.4 is 0 Å². The van der Waals surface area contributed by atoms with E-state index in [1.165, 1.54) is 6.07 Å². The quantitative estimate of drug-likeness (QED) is 0.610. The van der Waals surface area contributed by atoms with Gasteiger partial charge in [-0.1, -0.05) is 79.2 Å². The van der Waals surface area contributed by atoms with E-state index in [0.29, 0.717) is 0 Å². The fraction of sp³-hybridized carbons (Fsp3) is 0.136. The summed E-state index contributed by atoms with van der Waals surface area (Å²) in [6.45, 7) is 2.11. The lowest BCUT2D eigenvalue weighted by Gasteiger charge is -2.26. The molecule has 3 aromatic carbocycles. The predicted octanol–water partition coefficient (Wildman–Crippen LogP) is 5.68. The summed E-state index contributed by atoms with van der Waals surface area (Å²) in [5.41, 5.74) is 2.77. The Bertz CT molecular complexity index is 907. The van der Waals surface area contributed by atoms with E-state index in [1.807, 2.05) is 48.5 Å². The summed E-state index contributed by atoms with van der Waals surface area (Å²) in [6, 6.07) is 23.1. The first-order chi connectivity index (χ1) is 12.5. The van der Waals surface area contributed by atoms with Gasteiger partial charge in [0.25, 0.3) is 0 Å². The van der Waals surface area contributed by atoms with E-state index >= 15 is 0 Å². The molecule has 0 saturated heterocycles. The molecule has 0 radical (unpaired) electrons. The van der Waals surface area contributed by atoms with Crippen molar-refractivity contribution in [3.63, 3.8) is 0 Å². The van der Waals surface area contributed by atoms with Crippen molar-refractivity contribution in [1.29, 1.82) is 0 Å². The van der Waals surface area contributed by atoms with Crippen molar-refractivity contribution in [2.75, 3.05) is 0 Å². The highest BCUT2D eigenvalue weighted by Gasteiger charge is 2.26. The van der Waals surface area contributed by atoms with Crippen molar-refractivity contribution in [1.82, 2.24) is 0 Å². The van der Waals surface area contributed by atoms with Gasteiger partial charge >= 0.3 is 5.97 Å². The number of rotatable bonds is 5. The lowest BCUT2D eigenvalue weighted by atomic mass is 9.78. The molecule has 3 aromatic rings. The molecule has 3 nitrogen and oxygen atoms in total. The second-order valence-electron chi connectivity index (χ2n) is 6.29. The Morgan fingerprint density at radius 3 is 1.96 bits per heavy atom. The fourth-order valence-corrected chi connectivity index (χ4v) is 3.57. The van der Waals surface area contributed by atoms with E-state index in [4.69, 9.17) is 11.6 Å². The highest BCUT2D eigenvalue weighted by atomic mass is 35.5. The van der Waals surface area contributed by atoms with Crippen LogP contribution in [0.4, 0.5) is 0 Å². The zero-order valence-corrected chi connectivity index (χ0v) is 15.0. The van der Waals surface area contributed by atoms with Crippen LogP contribution in [0, 0.1) is 0 Å². The van der Waals surface area contributed by atoms with Gasteiger partial charge in [0.05, 0.1) is 5.02 Å². The number of aromatic hydroxyl groups is 1. The Hall–Kier alpha value is -2.78. The maximum Gasteiger partial charge on any atom is 0.339 e. The minimum Gasteiger partial charge on any atom is -0.505 e. The molecule has 0 aliphatic rings. The largest absolute Gasteiger partial charge is 0.505 e. The number of benzene rings is 3. The highest BCUT2D eigenvalue weighted by Crippen LogP contribution is 2.41. The number of carboxylic acids is 1. The summed E-state index contributed by atoms with van der Waals surface area (Å²) in [7, 11) is 0. The molecular formula is C22H19ClO3. The van der Waals surface area contributed by atoms with Crippen molar-refractivity contribution in [3.8, 4) is 5.75 Å². The smallest absolute Gasteiger partial charge is 0.339 e. The molecule has 0 aliphatic carbocycles. The van der Waals surface area contributed by atoms with Crippen LogP contribution >= 0.6 is 11.6 Å². The van der Waals surface area contributed by atoms with Crippen LogP contribution in [0.3, 0.4) is 0 Å². The second kappa shape index (κ2) is 7.63. The van der Waals surface area contributed by atoms with E-state index in [1.54, 1.807) is 6.07 Å². The normalized spacial score (nSPS) is 13.2. The molecule has 0 saturated carbocycles. The van der Waals surface area contributed by atoms with Crippen LogP contribution in [0.1, 0.15) is 45.8 Å². The van der Waals surface area contributed by atoms with Crippen molar-refractivity contribution >= 4 is 17.6 Å². The van der Waals surface area contributed by atoms with E-state index in [-0.39, 0.29) is 22.4 Å². The Morgan fingerprint density at radius 1 is 0.885 bits per heavy atom. The molecule has 0 bridgehead atoms. The maximum atomic E-state index is 11.5. The molecule has 2 atom stereocenters. The summed E-state index contributed by atoms with van der Waals surface area (Å²) in [5.74, 6) is -1.62. The molecule has 0 fully saturated rings. The van der Waals surface area contributed by atoms with Gasteiger partial charge in [-0.3, -0.25) is 0 Å². The lowest BCUT2D eigenvalue weighted by Crippen LogP contribution is -2.11.